The van der Waals surface area contributed by atoms with Gasteiger partial charge in [0.25, 0.3) is 0 Å². The maximum atomic E-state index is 11.8. The van der Waals surface area contributed by atoms with Crippen LogP contribution in [0.15, 0.2) is 0 Å². The first kappa shape index (κ1) is 13.1. The van der Waals surface area contributed by atoms with Gasteiger partial charge in [0.1, 0.15) is 5.78 Å². The van der Waals surface area contributed by atoms with Crippen LogP contribution in [0.2, 0.25) is 0 Å². The first-order valence-electron chi connectivity index (χ1n) is 6.93. The molecule has 2 aliphatic carbocycles. The van der Waals surface area contributed by atoms with Gasteiger partial charge in [-0.2, -0.15) is 0 Å². The van der Waals surface area contributed by atoms with Crippen molar-refractivity contribution in [2.24, 2.45) is 17.3 Å². The second-order valence-electron chi connectivity index (χ2n) is 7.27. The summed E-state index contributed by atoms with van der Waals surface area (Å²) >= 11 is 0. The summed E-state index contributed by atoms with van der Waals surface area (Å²) in [4.78, 5) is 11.8. The van der Waals surface area contributed by atoms with E-state index in [1.165, 1.54) is 0 Å². The van der Waals surface area contributed by atoms with E-state index in [1.807, 2.05) is 0 Å². The number of carbonyl (C=O) groups is 1. The van der Waals surface area contributed by atoms with Gasteiger partial charge in [0, 0.05) is 12.3 Å². The lowest BCUT2D eigenvalue weighted by atomic mass is 9.64. The standard InChI is InChI=1S/C15H26O2/c1-10-9-15(5)11(8-12(10)16)6-7-13(15)17-14(2,3)4/h10-11,13H,6-9H2,1-5H3/t10?,11-,13-,15-/m1/s1. The molecule has 2 heteroatoms. The van der Waals surface area contributed by atoms with Gasteiger partial charge in [0.15, 0.2) is 0 Å². The molecule has 98 valence electrons. The van der Waals surface area contributed by atoms with Crippen molar-refractivity contribution in [2.75, 3.05) is 0 Å². The minimum absolute atomic E-state index is 0.0761. The lowest BCUT2D eigenvalue weighted by molar-refractivity contribution is -0.141. The van der Waals surface area contributed by atoms with E-state index < -0.39 is 0 Å². The summed E-state index contributed by atoms with van der Waals surface area (Å²) < 4.78 is 6.24. The average Bonchev–Trinajstić information content (AvgIpc) is 2.43. The summed E-state index contributed by atoms with van der Waals surface area (Å²) in [7, 11) is 0. The third kappa shape index (κ3) is 2.42. The molecule has 0 aromatic rings. The lowest BCUT2D eigenvalue weighted by Crippen LogP contribution is -2.44. The number of fused-ring (bicyclic) bond motifs is 1. The van der Waals surface area contributed by atoms with E-state index in [9.17, 15) is 4.79 Å². The highest BCUT2D eigenvalue weighted by molar-refractivity contribution is 5.82. The van der Waals surface area contributed by atoms with Crippen molar-refractivity contribution in [2.45, 2.75) is 72.0 Å². The number of ketones is 1. The first-order chi connectivity index (χ1) is 7.72. The second-order valence-corrected chi connectivity index (χ2v) is 7.27. The number of rotatable bonds is 1. The van der Waals surface area contributed by atoms with Crippen molar-refractivity contribution in [3.05, 3.63) is 0 Å². The molecule has 0 aromatic heterocycles. The largest absolute Gasteiger partial charge is 0.372 e. The first-order valence-corrected chi connectivity index (χ1v) is 6.93. The highest BCUT2D eigenvalue weighted by Crippen LogP contribution is 2.54. The summed E-state index contributed by atoms with van der Waals surface area (Å²) in [5.41, 5.74) is 0.147. The van der Waals surface area contributed by atoms with Crippen molar-refractivity contribution < 1.29 is 9.53 Å². The smallest absolute Gasteiger partial charge is 0.136 e. The Bertz CT molecular complexity index is 315. The van der Waals surface area contributed by atoms with Crippen LogP contribution in [0.25, 0.3) is 0 Å². The van der Waals surface area contributed by atoms with E-state index in [1.54, 1.807) is 0 Å². The van der Waals surface area contributed by atoms with Gasteiger partial charge in [-0.1, -0.05) is 13.8 Å². The van der Waals surface area contributed by atoms with E-state index in [0.717, 1.165) is 25.7 Å². The zero-order chi connectivity index (χ0) is 12.8. The maximum Gasteiger partial charge on any atom is 0.136 e. The number of hydrogen-bond acceptors (Lipinski definition) is 2. The fraction of sp³-hybridized carbons (Fsp3) is 0.933. The molecule has 0 heterocycles. The average molecular weight is 238 g/mol. The van der Waals surface area contributed by atoms with Crippen molar-refractivity contribution in [1.29, 1.82) is 0 Å². The molecule has 0 aromatic carbocycles. The molecule has 2 saturated carbocycles. The van der Waals surface area contributed by atoms with Crippen LogP contribution in [0.4, 0.5) is 0 Å². The molecule has 0 spiro atoms. The molecule has 2 fully saturated rings. The summed E-state index contributed by atoms with van der Waals surface area (Å²) in [5.74, 6) is 1.24. The van der Waals surface area contributed by atoms with Crippen LogP contribution in [-0.2, 0) is 9.53 Å². The van der Waals surface area contributed by atoms with Crippen LogP contribution in [-0.4, -0.2) is 17.5 Å². The fourth-order valence-electron chi connectivity index (χ4n) is 3.75. The summed E-state index contributed by atoms with van der Waals surface area (Å²) in [6.45, 7) is 10.8. The molecule has 0 radical (unpaired) electrons. The van der Waals surface area contributed by atoms with E-state index in [2.05, 4.69) is 34.6 Å². The van der Waals surface area contributed by atoms with Gasteiger partial charge in [-0.15, -0.1) is 0 Å². The molecule has 2 aliphatic rings. The van der Waals surface area contributed by atoms with Crippen molar-refractivity contribution >= 4 is 5.78 Å². The van der Waals surface area contributed by atoms with Crippen LogP contribution < -0.4 is 0 Å². The Balaban J connectivity index is 2.15. The monoisotopic (exact) mass is 238 g/mol. The highest BCUT2D eigenvalue weighted by atomic mass is 16.5. The van der Waals surface area contributed by atoms with Crippen LogP contribution in [0.5, 0.6) is 0 Å². The Labute approximate surface area is 105 Å². The normalized spacial score (nSPS) is 42.6. The molecular weight excluding hydrogens is 212 g/mol. The summed E-state index contributed by atoms with van der Waals surface area (Å²) in [6, 6.07) is 0. The molecule has 4 atom stereocenters. The van der Waals surface area contributed by atoms with Gasteiger partial charge in [0.2, 0.25) is 0 Å². The van der Waals surface area contributed by atoms with Gasteiger partial charge in [-0.3, -0.25) is 4.79 Å². The SMILES string of the molecule is CC1C[C@]2(C)[C@H](CC[C@H]2OC(C)(C)C)CC1=O. The zero-order valence-corrected chi connectivity index (χ0v) is 11.9. The topological polar surface area (TPSA) is 26.3 Å². The Morgan fingerprint density at radius 1 is 1.29 bits per heavy atom. The van der Waals surface area contributed by atoms with Crippen LogP contribution >= 0.6 is 0 Å². The van der Waals surface area contributed by atoms with E-state index in [4.69, 9.17) is 4.74 Å². The van der Waals surface area contributed by atoms with E-state index >= 15 is 0 Å². The van der Waals surface area contributed by atoms with Crippen LogP contribution in [0, 0.1) is 17.3 Å². The van der Waals surface area contributed by atoms with Crippen LogP contribution in [0.1, 0.15) is 60.3 Å². The maximum absolute atomic E-state index is 11.8. The third-order valence-corrected chi connectivity index (χ3v) is 4.68. The quantitative estimate of drug-likeness (QED) is 0.698. The molecule has 17 heavy (non-hydrogen) atoms. The molecule has 0 amide bonds. The Kier molecular flexibility index (Phi) is 3.14. The van der Waals surface area contributed by atoms with Crippen molar-refractivity contribution in [3.63, 3.8) is 0 Å². The minimum Gasteiger partial charge on any atom is -0.372 e. The van der Waals surface area contributed by atoms with Crippen molar-refractivity contribution in [3.8, 4) is 0 Å². The summed E-state index contributed by atoms with van der Waals surface area (Å²) in [6.07, 6.45) is 4.41. The van der Waals surface area contributed by atoms with E-state index in [0.29, 0.717) is 17.8 Å². The molecule has 0 saturated heterocycles. The number of Topliss-reactive ketones (excluding diaryl/α,β-unsaturated/α-hetero) is 1. The van der Waals surface area contributed by atoms with Gasteiger partial charge in [0.05, 0.1) is 11.7 Å². The zero-order valence-electron chi connectivity index (χ0n) is 11.9. The number of hydrogen-bond donors (Lipinski definition) is 0. The van der Waals surface area contributed by atoms with E-state index in [-0.39, 0.29) is 16.9 Å². The highest BCUT2D eigenvalue weighted by Gasteiger charge is 2.52. The number of carbonyl (C=O) groups excluding carboxylic acids is 1. The Morgan fingerprint density at radius 2 is 1.94 bits per heavy atom. The molecule has 2 rings (SSSR count). The van der Waals surface area contributed by atoms with Gasteiger partial charge >= 0.3 is 0 Å². The third-order valence-electron chi connectivity index (χ3n) is 4.68. The molecule has 0 bridgehead atoms. The van der Waals surface area contributed by atoms with Gasteiger partial charge in [-0.25, -0.2) is 0 Å². The summed E-state index contributed by atoms with van der Waals surface area (Å²) in [5, 5.41) is 0. The molecular formula is C15H26O2. The lowest BCUT2D eigenvalue weighted by Gasteiger charge is -2.44. The predicted molar refractivity (Wildman–Crippen MR) is 68.9 cm³/mol. The fourth-order valence-corrected chi connectivity index (χ4v) is 3.75. The molecule has 2 nitrogen and oxygen atoms in total. The van der Waals surface area contributed by atoms with Gasteiger partial charge < -0.3 is 4.74 Å². The molecule has 0 N–H and O–H groups in total. The Morgan fingerprint density at radius 3 is 2.53 bits per heavy atom. The second kappa shape index (κ2) is 4.08. The minimum atomic E-state index is -0.0761. The predicted octanol–water partition coefficient (Wildman–Crippen LogP) is 3.59. The number of ether oxygens (including phenoxy) is 1. The van der Waals surface area contributed by atoms with Gasteiger partial charge in [-0.05, 0) is 51.4 Å². The van der Waals surface area contributed by atoms with Crippen LogP contribution in [0.3, 0.4) is 0 Å². The molecule has 1 unspecified atom stereocenters. The van der Waals surface area contributed by atoms with Crippen molar-refractivity contribution in [1.82, 2.24) is 0 Å². The molecule has 0 aliphatic heterocycles. The Hall–Kier alpha value is -0.370.